The Kier molecular flexibility index (Phi) is 11.3. The molecule has 196 valence electrons. The number of nitrogens with one attached hydrogen (secondary N) is 3. The van der Waals surface area contributed by atoms with Crippen LogP contribution in [0.5, 0.6) is 0 Å². The summed E-state index contributed by atoms with van der Waals surface area (Å²) < 4.78 is 5.34. The minimum atomic E-state index is -0.766. The summed E-state index contributed by atoms with van der Waals surface area (Å²) in [5, 5.41) is 8.53. The molecule has 0 saturated heterocycles. The van der Waals surface area contributed by atoms with Gasteiger partial charge < -0.3 is 20.4 Å². The summed E-state index contributed by atoms with van der Waals surface area (Å²) in [4.78, 5) is 39.1. The molecule has 0 saturated carbocycles. The van der Waals surface area contributed by atoms with Crippen LogP contribution < -0.4 is 16.0 Å². The van der Waals surface area contributed by atoms with Gasteiger partial charge in [-0.3, -0.25) is 9.59 Å². The van der Waals surface area contributed by atoms with Gasteiger partial charge in [0.05, 0.1) is 23.8 Å². The molecule has 37 heavy (non-hydrogen) atoms. The minimum Gasteiger partial charge on any atom is -0.468 e. The van der Waals surface area contributed by atoms with Gasteiger partial charge in [-0.15, -0.1) is 11.8 Å². The maximum Gasteiger partial charge on any atom is 0.315 e. The first kappa shape index (κ1) is 28.1. The topological polar surface area (TPSA) is 100 Å². The Hall–Kier alpha value is -3.52. The van der Waals surface area contributed by atoms with Crippen LogP contribution in [0.3, 0.4) is 0 Å². The average molecular weight is 522 g/mol. The van der Waals surface area contributed by atoms with Crippen LogP contribution in [0.15, 0.2) is 83.5 Å². The van der Waals surface area contributed by atoms with E-state index >= 15 is 0 Å². The molecule has 0 spiro atoms. The highest BCUT2D eigenvalue weighted by molar-refractivity contribution is 7.99. The summed E-state index contributed by atoms with van der Waals surface area (Å²) in [7, 11) is 0. The fourth-order valence-electron chi connectivity index (χ4n) is 3.81. The van der Waals surface area contributed by atoms with Crippen molar-refractivity contribution in [3.05, 3.63) is 95.9 Å². The molecule has 1 heterocycles. The summed E-state index contributed by atoms with van der Waals surface area (Å²) in [5.74, 6) is 1.32. The van der Waals surface area contributed by atoms with Crippen molar-refractivity contribution in [1.82, 2.24) is 16.0 Å². The largest absolute Gasteiger partial charge is 0.468 e. The monoisotopic (exact) mass is 521 g/mol. The Morgan fingerprint density at radius 3 is 2.14 bits per heavy atom. The molecule has 7 nitrogen and oxygen atoms in total. The number of Topliss-reactive ketones (excluding diaryl/α,β-unsaturated/α-hetero) is 1. The van der Waals surface area contributed by atoms with Gasteiger partial charge in [0, 0.05) is 6.54 Å². The molecule has 2 aromatic carbocycles. The van der Waals surface area contributed by atoms with Crippen LogP contribution >= 0.6 is 11.8 Å². The Labute approximate surface area is 222 Å². The Morgan fingerprint density at radius 1 is 0.838 bits per heavy atom. The van der Waals surface area contributed by atoms with Crippen molar-refractivity contribution in [2.45, 2.75) is 51.1 Å². The molecule has 0 fully saturated rings. The zero-order valence-electron chi connectivity index (χ0n) is 21.3. The van der Waals surface area contributed by atoms with Gasteiger partial charge in [0.15, 0.2) is 5.78 Å². The number of hydrogen-bond acceptors (Lipinski definition) is 5. The lowest BCUT2D eigenvalue weighted by Gasteiger charge is -2.24. The van der Waals surface area contributed by atoms with E-state index < -0.39 is 18.1 Å². The molecular weight excluding hydrogens is 486 g/mol. The van der Waals surface area contributed by atoms with Crippen LogP contribution in [0.1, 0.15) is 37.2 Å². The molecule has 0 aliphatic carbocycles. The number of carbonyl (C=O) groups is 3. The third-order valence-corrected chi connectivity index (χ3v) is 6.66. The van der Waals surface area contributed by atoms with E-state index in [4.69, 9.17) is 4.42 Å². The molecule has 3 aromatic rings. The van der Waals surface area contributed by atoms with Crippen LogP contribution in [0, 0.1) is 5.92 Å². The smallest absolute Gasteiger partial charge is 0.315 e. The van der Waals surface area contributed by atoms with E-state index in [1.54, 1.807) is 6.26 Å². The van der Waals surface area contributed by atoms with Gasteiger partial charge in [-0.1, -0.05) is 74.5 Å². The molecule has 0 bridgehead atoms. The summed E-state index contributed by atoms with van der Waals surface area (Å²) in [6.45, 7) is 4.33. The van der Waals surface area contributed by atoms with E-state index in [0.29, 0.717) is 25.1 Å². The maximum absolute atomic E-state index is 13.3. The predicted molar refractivity (Wildman–Crippen MR) is 147 cm³/mol. The molecule has 0 radical (unpaired) electrons. The number of amides is 3. The maximum atomic E-state index is 13.3. The third-order valence-electron chi connectivity index (χ3n) is 5.68. The summed E-state index contributed by atoms with van der Waals surface area (Å²) in [6.07, 6.45) is 2.43. The second-order valence-corrected chi connectivity index (χ2v) is 10.3. The van der Waals surface area contributed by atoms with Crippen LogP contribution in [-0.4, -0.2) is 35.6 Å². The van der Waals surface area contributed by atoms with Crippen molar-refractivity contribution in [1.29, 1.82) is 0 Å². The molecule has 1 aromatic heterocycles. The number of carbonyl (C=O) groups excluding carboxylic acids is 3. The van der Waals surface area contributed by atoms with E-state index in [0.717, 1.165) is 16.9 Å². The lowest BCUT2D eigenvalue weighted by molar-refractivity contribution is -0.128. The highest BCUT2D eigenvalue weighted by Gasteiger charge is 2.27. The fraction of sp³-hybridized carbons (Fsp3) is 0.345. The molecular formula is C29H35N3O4S. The number of benzene rings is 2. The van der Waals surface area contributed by atoms with Gasteiger partial charge in [-0.2, -0.15) is 0 Å². The van der Waals surface area contributed by atoms with Gasteiger partial charge in [0.1, 0.15) is 11.8 Å². The van der Waals surface area contributed by atoms with Crippen LogP contribution in [0.25, 0.3) is 0 Å². The Morgan fingerprint density at radius 2 is 1.51 bits per heavy atom. The van der Waals surface area contributed by atoms with Crippen molar-refractivity contribution >= 4 is 29.5 Å². The van der Waals surface area contributed by atoms with Gasteiger partial charge in [0.2, 0.25) is 5.91 Å². The van der Waals surface area contributed by atoms with Gasteiger partial charge >= 0.3 is 6.03 Å². The number of thioether (sulfide) groups is 1. The highest BCUT2D eigenvalue weighted by atomic mass is 32.2. The third kappa shape index (κ3) is 10.2. The average Bonchev–Trinajstić information content (AvgIpc) is 3.41. The predicted octanol–water partition coefficient (Wildman–Crippen LogP) is 4.72. The molecule has 0 aliphatic rings. The Bertz CT molecular complexity index is 1100. The van der Waals surface area contributed by atoms with Crippen molar-refractivity contribution in [3.8, 4) is 0 Å². The lowest BCUT2D eigenvalue weighted by Crippen LogP contribution is -2.54. The number of ketones is 1. The van der Waals surface area contributed by atoms with E-state index in [-0.39, 0.29) is 23.4 Å². The first-order valence-corrected chi connectivity index (χ1v) is 13.6. The fourth-order valence-corrected chi connectivity index (χ4v) is 4.68. The van der Waals surface area contributed by atoms with Gasteiger partial charge in [0.25, 0.3) is 0 Å². The minimum absolute atomic E-state index is 0.0782. The number of furan rings is 1. The first-order chi connectivity index (χ1) is 17.9. The molecule has 3 N–H and O–H groups in total. The zero-order chi connectivity index (χ0) is 26.5. The molecule has 3 amide bonds. The quantitative estimate of drug-likeness (QED) is 0.285. The number of rotatable bonds is 14. The van der Waals surface area contributed by atoms with Gasteiger partial charge in [-0.05, 0) is 42.0 Å². The van der Waals surface area contributed by atoms with E-state index in [1.807, 2.05) is 86.6 Å². The lowest BCUT2D eigenvalue weighted by atomic mass is 10.00. The zero-order valence-corrected chi connectivity index (χ0v) is 22.1. The van der Waals surface area contributed by atoms with Gasteiger partial charge in [-0.25, -0.2) is 4.79 Å². The molecule has 0 aliphatic heterocycles. The van der Waals surface area contributed by atoms with Crippen molar-refractivity contribution in [3.63, 3.8) is 0 Å². The molecule has 3 rings (SSSR count). The van der Waals surface area contributed by atoms with Crippen LogP contribution in [0.2, 0.25) is 0 Å². The number of urea groups is 1. The van der Waals surface area contributed by atoms with Crippen LogP contribution in [0.4, 0.5) is 4.79 Å². The van der Waals surface area contributed by atoms with E-state index in [2.05, 4.69) is 16.0 Å². The number of hydrogen-bond donors (Lipinski definition) is 3. The SMILES string of the molecule is CC(C)CC(NC(=O)NCc1ccccc1)C(=O)NC(Cc1ccccc1)C(=O)CSCc1ccco1. The molecule has 8 heteroatoms. The Balaban J connectivity index is 1.63. The second-order valence-electron chi connectivity index (χ2n) is 9.28. The molecule has 2 unspecified atom stereocenters. The summed E-state index contributed by atoms with van der Waals surface area (Å²) in [6, 6.07) is 20.9. The van der Waals surface area contributed by atoms with Crippen molar-refractivity contribution in [2.24, 2.45) is 5.92 Å². The van der Waals surface area contributed by atoms with Crippen molar-refractivity contribution < 1.29 is 18.8 Å². The first-order valence-electron chi connectivity index (χ1n) is 12.5. The van der Waals surface area contributed by atoms with E-state index in [9.17, 15) is 14.4 Å². The summed E-state index contributed by atoms with van der Waals surface area (Å²) >= 11 is 1.44. The normalized spacial score (nSPS) is 12.5. The highest BCUT2D eigenvalue weighted by Crippen LogP contribution is 2.15. The molecule has 2 atom stereocenters. The standard InChI is InChI=1S/C29H35N3O4S/c1-21(2)16-26(32-29(35)30-18-23-12-7-4-8-13-23)28(34)31-25(17-22-10-5-3-6-11-22)27(33)20-37-19-24-14-9-15-36-24/h3-15,21,25-26H,16-20H2,1-2H3,(H,31,34)(H2,30,32,35). The second kappa shape index (κ2) is 14.9. The van der Waals surface area contributed by atoms with E-state index in [1.165, 1.54) is 11.8 Å². The summed E-state index contributed by atoms with van der Waals surface area (Å²) in [5.41, 5.74) is 1.91. The van der Waals surface area contributed by atoms with Crippen LogP contribution in [-0.2, 0) is 28.3 Å². The van der Waals surface area contributed by atoms with Crippen molar-refractivity contribution in [2.75, 3.05) is 5.75 Å².